The average molecular weight is 252 g/mol. The SMILES string of the molecule is CCc1nn(CC2CCCO2)c(CC)c1C(C)O. The molecule has 0 saturated carbocycles. The predicted molar refractivity (Wildman–Crippen MR) is 70.6 cm³/mol. The molecule has 0 aliphatic carbocycles. The minimum Gasteiger partial charge on any atom is -0.389 e. The molecule has 1 aromatic rings. The second kappa shape index (κ2) is 5.85. The van der Waals surface area contributed by atoms with Crippen molar-refractivity contribution in [1.29, 1.82) is 0 Å². The van der Waals surface area contributed by atoms with Crippen LogP contribution in [-0.4, -0.2) is 27.6 Å². The molecule has 1 aliphatic heterocycles. The van der Waals surface area contributed by atoms with Crippen molar-refractivity contribution in [2.75, 3.05) is 6.61 Å². The lowest BCUT2D eigenvalue weighted by molar-refractivity contribution is 0.0930. The fourth-order valence-corrected chi connectivity index (χ4v) is 2.81. The lowest BCUT2D eigenvalue weighted by Gasteiger charge is -2.13. The van der Waals surface area contributed by atoms with E-state index in [0.29, 0.717) is 6.10 Å². The third-order valence-corrected chi connectivity index (χ3v) is 3.66. The Balaban J connectivity index is 2.28. The Hall–Kier alpha value is -0.870. The number of hydrogen-bond donors (Lipinski definition) is 1. The fourth-order valence-electron chi connectivity index (χ4n) is 2.81. The number of nitrogens with zero attached hydrogens (tertiary/aromatic N) is 2. The zero-order valence-corrected chi connectivity index (χ0v) is 11.6. The summed E-state index contributed by atoms with van der Waals surface area (Å²) >= 11 is 0. The molecule has 0 aromatic carbocycles. The van der Waals surface area contributed by atoms with Crippen molar-refractivity contribution in [3.63, 3.8) is 0 Å². The Morgan fingerprint density at radius 2 is 2.22 bits per heavy atom. The van der Waals surface area contributed by atoms with E-state index in [4.69, 9.17) is 4.74 Å². The van der Waals surface area contributed by atoms with E-state index in [9.17, 15) is 5.11 Å². The summed E-state index contributed by atoms with van der Waals surface area (Å²) in [6, 6.07) is 0. The van der Waals surface area contributed by atoms with E-state index in [1.165, 1.54) is 0 Å². The molecule has 2 heterocycles. The summed E-state index contributed by atoms with van der Waals surface area (Å²) in [7, 11) is 0. The van der Waals surface area contributed by atoms with Crippen LogP contribution in [0.1, 0.15) is 56.7 Å². The van der Waals surface area contributed by atoms with Crippen molar-refractivity contribution in [1.82, 2.24) is 9.78 Å². The number of aliphatic hydroxyl groups excluding tert-OH is 1. The Morgan fingerprint density at radius 1 is 1.44 bits per heavy atom. The van der Waals surface area contributed by atoms with Crippen LogP contribution in [-0.2, 0) is 24.1 Å². The highest BCUT2D eigenvalue weighted by molar-refractivity contribution is 5.28. The van der Waals surface area contributed by atoms with Gasteiger partial charge >= 0.3 is 0 Å². The average Bonchev–Trinajstić information content (AvgIpc) is 2.96. The second-order valence-corrected chi connectivity index (χ2v) is 5.01. The van der Waals surface area contributed by atoms with Crippen molar-refractivity contribution >= 4 is 0 Å². The van der Waals surface area contributed by atoms with Gasteiger partial charge < -0.3 is 9.84 Å². The highest BCUT2D eigenvalue weighted by Crippen LogP contribution is 2.25. The molecule has 4 nitrogen and oxygen atoms in total. The molecule has 102 valence electrons. The van der Waals surface area contributed by atoms with Crippen LogP contribution < -0.4 is 0 Å². The van der Waals surface area contributed by atoms with Crippen LogP contribution in [0.3, 0.4) is 0 Å². The maximum absolute atomic E-state index is 9.94. The lowest BCUT2D eigenvalue weighted by atomic mass is 10.0. The lowest BCUT2D eigenvalue weighted by Crippen LogP contribution is -2.18. The topological polar surface area (TPSA) is 47.3 Å². The first kappa shape index (κ1) is 13.6. The van der Waals surface area contributed by atoms with Gasteiger partial charge in [0.2, 0.25) is 0 Å². The van der Waals surface area contributed by atoms with Crippen LogP contribution in [0.15, 0.2) is 0 Å². The minimum atomic E-state index is -0.437. The molecule has 18 heavy (non-hydrogen) atoms. The summed E-state index contributed by atoms with van der Waals surface area (Å²) in [6.45, 7) is 7.73. The van der Waals surface area contributed by atoms with Crippen molar-refractivity contribution in [2.45, 2.75) is 65.2 Å². The smallest absolute Gasteiger partial charge is 0.0798 e. The molecule has 1 fully saturated rings. The highest BCUT2D eigenvalue weighted by atomic mass is 16.5. The third kappa shape index (κ3) is 2.59. The molecule has 0 bridgehead atoms. The van der Waals surface area contributed by atoms with Gasteiger partial charge in [-0.25, -0.2) is 0 Å². The monoisotopic (exact) mass is 252 g/mol. The number of ether oxygens (including phenoxy) is 1. The molecule has 1 saturated heterocycles. The van der Waals surface area contributed by atoms with E-state index < -0.39 is 6.10 Å². The van der Waals surface area contributed by atoms with Crippen LogP contribution >= 0.6 is 0 Å². The van der Waals surface area contributed by atoms with E-state index >= 15 is 0 Å². The summed E-state index contributed by atoms with van der Waals surface area (Å²) in [4.78, 5) is 0. The molecule has 1 aromatic heterocycles. The Bertz CT molecular complexity index is 393. The van der Waals surface area contributed by atoms with E-state index in [2.05, 4.69) is 23.6 Å². The number of aryl methyl sites for hydroxylation is 1. The third-order valence-electron chi connectivity index (χ3n) is 3.66. The molecule has 0 spiro atoms. The molecule has 0 radical (unpaired) electrons. The fraction of sp³-hybridized carbons (Fsp3) is 0.786. The van der Waals surface area contributed by atoms with Crippen LogP contribution in [0.2, 0.25) is 0 Å². The van der Waals surface area contributed by atoms with Crippen molar-refractivity contribution in [3.05, 3.63) is 17.0 Å². The summed E-state index contributed by atoms with van der Waals surface area (Å²) in [5, 5.41) is 14.6. The Kier molecular flexibility index (Phi) is 4.40. The molecule has 2 unspecified atom stereocenters. The predicted octanol–water partition coefficient (Wildman–Crippen LogP) is 2.24. The highest BCUT2D eigenvalue weighted by Gasteiger charge is 2.22. The molecule has 1 aliphatic rings. The van der Waals surface area contributed by atoms with Gasteiger partial charge in [0, 0.05) is 17.9 Å². The Morgan fingerprint density at radius 3 is 2.72 bits per heavy atom. The van der Waals surface area contributed by atoms with Crippen LogP contribution in [0.4, 0.5) is 0 Å². The van der Waals surface area contributed by atoms with Gasteiger partial charge in [-0.3, -0.25) is 4.68 Å². The molecule has 1 N–H and O–H groups in total. The molecular formula is C14H24N2O2. The summed E-state index contributed by atoms with van der Waals surface area (Å²) < 4.78 is 7.73. The second-order valence-electron chi connectivity index (χ2n) is 5.01. The first-order valence-corrected chi connectivity index (χ1v) is 7.05. The van der Waals surface area contributed by atoms with Crippen LogP contribution in [0, 0.1) is 0 Å². The minimum absolute atomic E-state index is 0.293. The number of rotatable bonds is 5. The number of hydrogen-bond acceptors (Lipinski definition) is 3. The summed E-state index contributed by atoms with van der Waals surface area (Å²) in [5.74, 6) is 0. The van der Waals surface area contributed by atoms with Gasteiger partial charge in [0.05, 0.1) is 24.4 Å². The molecule has 2 atom stereocenters. The van der Waals surface area contributed by atoms with Gasteiger partial charge in [0.15, 0.2) is 0 Å². The van der Waals surface area contributed by atoms with Gasteiger partial charge in [-0.15, -0.1) is 0 Å². The van der Waals surface area contributed by atoms with Gasteiger partial charge in [-0.1, -0.05) is 13.8 Å². The van der Waals surface area contributed by atoms with E-state index in [0.717, 1.165) is 55.8 Å². The van der Waals surface area contributed by atoms with E-state index in [-0.39, 0.29) is 0 Å². The maximum atomic E-state index is 9.94. The molecular weight excluding hydrogens is 228 g/mol. The van der Waals surface area contributed by atoms with Gasteiger partial charge in [0.25, 0.3) is 0 Å². The summed E-state index contributed by atoms with van der Waals surface area (Å²) in [6.07, 6.45) is 3.90. The molecule has 4 heteroatoms. The van der Waals surface area contributed by atoms with Gasteiger partial charge in [-0.2, -0.15) is 5.10 Å². The summed E-state index contributed by atoms with van der Waals surface area (Å²) in [5.41, 5.74) is 3.22. The van der Waals surface area contributed by atoms with Crippen molar-refractivity contribution in [3.8, 4) is 0 Å². The van der Waals surface area contributed by atoms with Crippen LogP contribution in [0.5, 0.6) is 0 Å². The molecule has 2 rings (SSSR count). The maximum Gasteiger partial charge on any atom is 0.0798 e. The first-order valence-electron chi connectivity index (χ1n) is 7.05. The van der Waals surface area contributed by atoms with Crippen LogP contribution in [0.25, 0.3) is 0 Å². The van der Waals surface area contributed by atoms with E-state index in [1.54, 1.807) is 0 Å². The first-order chi connectivity index (χ1) is 8.67. The quantitative estimate of drug-likeness (QED) is 0.874. The number of aromatic nitrogens is 2. The van der Waals surface area contributed by atoms with Gasteiger partial charge in [-0.05, 0) is 32.6 Å². The van der Waals surface area contributed by atoms with Crippen molar-refractivity contribution in [2.24, 2.45) is 0 Å². The standard InChI is InChI=1S/C14H24N2O2/c1-4-12-14(10(3)17)13(5-2)16(15-12)9-11-7-6-8-18-11/h10-11,17H,4-9H2,1-3H3. The zero-order chi connectivity index (χ0) is 13.1. The zero-order valence-electron chi connectivity index (χ0n) is 11.6. The normalized spacial score (nSPS) is 21.4. The van der Waals surface area contributed by atoms with E-state index in [1.807, 2.05) is 6.92 Å². The Labute approximate surface area is 109 Å². The van der Waals surface area contributed by atoms with Crippen molar-refractivity contribution < 1.29 is 9.84 Å². The molecule has 0 amide bonds. The number of aliphatic hydroxyl groups is 1. The largest absolute Gasteiger partial charge is 0.389 e. The van der Waals surface area contributed by atoms with Gasteiger partial charge in [0.1, 0.15) is 0 Å².